The van der Waals surface area contributed by atoms with Gasteiger partial charge in [0.05, 0.1) is 22.3 Å². The Kier molecular flexibility index (Phi) is 5.24. The van der Waals surface area contributed by atoms with E-state index >= 15 is 0 Å². The smallest absolute Gasteiger partial charge is 0.183 e. The van der Waals surface area contributed by atoms with Gasteiger partial charge < -0.3 is 10.5 Å². The van der Waals surface area contributed by atoms with Gasteiger partial charge in [-0.25, -0.2) is 8.42 Å². The summed E-state index contributed by atoms with van der Waals surface area (Å²) in [6.07, 6.45) is 0.947. The predicted molar refractivity (Wildman–Crippen MR) is 104 cm³/mol. The minimum absolute atomic E-state index is 0.236. The SMILES string of the molecule is CCOC[C@@]1(N)[C@@H](c2ccc(CC)cc2)[C@@H]1S(=O)(=O)c1ccc(C)cc1. The van der Waals surface area contributed by atoms with Crippen LogP contribution in [0.25, 0.3) is 0 Å². The van der Waals surface area contributed by atoms with E-state index in [4.69, 9.17) is 10.5 Å². The largest absolute Gasteiger partial charge is 0.380 e. The molecular formula is C21H27NO3S. The molecule has 2 aromatic rings. The van der Waals surface area contributed by atoms with Gasteiger partial charge in [-0.2, -0.15) is 0 Å². The molecule has 0 unspecified atom stereocenters. The first-order valence-electron chi connectivity index (χ1n) is 9.10. The summed E-state index contributed by atoms with van der Waals surface area (Å²) in [4.78, 5) is 0.326. The van der Waals surface area contributed by atoms with Crippen LogP contribution in [-0.2, 0) is 21.0 Å². The fraction of sp³-hybridized carbons (Fsp3) is 0.429. The number of nitrogens with two attached hydrogens (primary N) is 1. The molecule has 0 saturated heterocycles. The van der Waals surface area contributed by atoms with Crippen LogP contribution in [0.1, 0.15) is 36.5 Å². The van der Waals surface area contributed by atoms with Crippen molar-refractivity contribution in [3.05, 3.63) is 65.2 Å². The third-order valence-corrected chi connectivity index (χ3v) is 7.60. The molecule has 1 fully saturated rings. The lowest BCUT2D eigenvalue weighted by Gasteiger charge is -2.12. The summed E-state index contributed by atoms with van der Waals surface area (Å²) in [6, 6.07) is 15.1. The summed E-state index contributed by atoms with van der Waals surface area (Å²) in [7, 11) is -3.54. The highest BCUT2D eigenvalue weighted by Crippen LogP contribution is 2.55. The molecule has 4 nitrogen and oxygen atoms in total. The van der Waals surface area contributed by atoms with Crippen LogP contribution < -0.4 is 5.73 Å². The lowest BCUT2D eigenvalue weighted by Crippen LogP contribution is -2.36. The number of hydrogen-bond donors (Lipinski definition) is 1. The normalized spacial score (nSPS) is 25.2. The fourth-order valence-corrected chi connectivity index (χ4v) is 5.95. The molecule has 1 aliphatic carbocycles. The monoisotopic (exact) mass is 373 g/mol. The lowest BCUT2D eigenvalue weighted by atomic mass is 10.0. The van der Waals surface area contributed by atoms with E-state index in [-0.39, 0.29) is 12.5 Å². The van der Waals surface area contributed by atoms with Crippen molar-refractivity contribution < 1.29 is 13.2 Å². The highest BCUT2D eigenvalue weighted by atomic mass is 32.2. The summed E-state index contributed by atoms with van der Waals surface area (Å²) in [5, 5.41) is -0.670. The van der Waals surface area contributed by atoms with Crippen molar-refractivity contribution in [1.82, 2.24) is 0 Å². The van der Waals surface area contributed by atoms with Gasteiger partial charge in [-0.3, -0.25) is 0 Å². The molecule has 0 aliphatic heterocycles. The number of aryl methyl sites for hydroxylation is 2. The van der Waals surface area contributed by atoms with E-state index in [2.05, 4.69) is 6.92 Å². The average molecular weight is 374 g/mol. The van der Waals surface area contributed by atoms with Gasteiger partial charge in [-0.05, 0) is 43.5 Å². The van der Waals surface area contributed by atoms with Gasteiger partial charge in [-0.15, -0.1) is 0 Å². The van der Waals surface area contributed by atoms with Crippen LogP contribution in [0.15, 0.2) is 53.4 Å². The zero-order chi connectivity index (χ0) is 18.9. The average Bonchev–Trinajstić information content (AvgIpc) is 3.27. The summed E-state index contributed by atoms with van der Waals surface area (Å²) < 4.78 is 32.1. The third-order valence-electron chi connectivity index (χ3n) is 5.29. The van der Waals surface area contributed by atoms with Crippen molar-refractivity contribution in [3.8, 4) is 0 Å². The molecule has 3 rings (SSSR count). The van der Waals surface area contributed by atoms with Crippen LogP contribution >= 0.6 is 0 Å². The van der Waals surface area contributed by atoms with Crippen LogP contribution in [0.5, 0.6) is 0 Å². The van der Waals surface area contributed by atoms with Crippen molar-refractivity contribution in [3.63, 3.8) is 0 Å². The van der Waals surface area contributed by atoms with Gasteiger partial charge in [-0.1, -0.05) is 48.9 Å². The number of benzene rings is 2. The summed E-state index contributed by atoms with van der Waals surface area (Å²) in [5.74, 6) is -0.258. The zero-order valence-electron chi connectivity index (χ0n) is 15.6. The van der Waals surface area contributed by atoms with Crippen LogP contribution in [-0.4, -0.2) is 32.4 Å². The molecule has 0 amide bonds. The van der Waals surface area contributed by atoms with Crippen molar-refractivity contribution in [1.29, 1.82) is 0 Å². The summed E-state index contributed by atoms with van der Waals surface area (Å²) >= 11 is 0. The maximum atomic E-state index is 13.3. The van der Waals surface area contributed by atoms with Crippen LogP contribution in [0.4, 0.5) is 0 Å². The van der Waals surface area contributed by atoms with Crippen LogP contribution in [0, 0.1) is 6.92 Å². The number of ether oxygens (including phenoxy) is 1. The van der Waals surface area contributed by atoms with Crippen LogP contribution in [0.2, 0.25) is 0 Å². The summed E-state index contributed by atoms with van der Waals surface area (Å²) in [5.41, 5.74) is 8.89. The Bertz CT molecular complexity index is 859. The molecule has 1 saturated carbocycles. The molecule has 2 aromatic carbocycles. The molecule has 140 valence electrons. The van der Waals surface area contributed by atoms with Crippen LogP contribution in [0.3, 0.4) is 0 Å². The van der Waals surface area contributed by atoms with E-state index in [0.29, 0.717) is 11.5 Å². The maximum absolute atomic E-state index is 13.3. The molecule has 0 aromatic heterocycles. The standard InChI is InChI=1S/C21H27NO3S/c1-4-16-8-10-17(11-9-16)19-20(21(19,22)14-25-5-2)26(23,24)18-12-6-15(3)7-13-18/h6-13,19-20H,4-5,14,22H2,1-3H3/t19-,20-,21+/m0/s1. The van der Waals surface area contributed by atoms with Crippen molar-refractivity contribution in [2.24, 2.45) is 5.73 Å². The summed E-state index contributed by atoms with van der Waals surface area (Å²) in [6.45, 7) is 6.67. The molecular weight excluding hydrogens is 346 g/mol. The minimum atomic E-state index is -3.54. The van der Waals surface area contributed by atoms with E-state index in [1.54, 1.807) is 12.1 Å². The topological polar surface area (TPSA) is 69.4 Å². The minimum Gasteiger partial charge on any atom is -0.380 e. The Morgan fingerprint density at radius 1 is 1.04 bits per heavy atom. The Balaban J connectivity index is 1.97. The number of hydrogen-bond acceptors (Lipinski definition) is 4. The first kappa shape index (κ1) is 19.1. The van der Waals surface area contributed by atoms with E-state index in [1.807, 2.05) is 50.2 Å². The van der Waals surface area contributed by atoms with Gasteiger partial charge in [0, 0.05) is 12.5 Å². The van der Waals surface area contributed by atoms with Crippen molar-refractivity contribution >= 4 is 9.84 Å². The number of rotatable bonds is 7. The van der Waals surface area contributed by atoms with E-state index in [0.717, 1.165) is 17.5 Å². The second-order valence-electron chi connectivity index (χ2n) is 7.10. The van der Waals surface area contributed by atoms with Gasteiger partial charge in [0.1, 0.15) is 0 Å². The Labute approximate surface area is 156 Å². The molecule has 0 bridgehead atoms. The van der Waals surface area contributed by atoms with Crippen molar-refractivity contribution in [2.45, 2.75) is 48.8 Å². The Morgan fingerprint density at radius 3 is 2.19 bits per heavy atom. The maximum Gasteiger partial charge on any atom is 0.183 e. The fourth-order valence-electron chi connectivity index (χ4n) is 3.66. The van der Waals surface area contributed by atoms with Gasteiger partial charge in [0.2, 0.25) is 0 Å². The van der Waals surface area contributed by atoms with Crippen molar-refractivity contribution in [2.75, 3.05) is 13.2 Å². The molecule has 2 N–H and O–H groups in total. The second kappa shape index (κ2) is 7.14. The lowest BCUT2D eigenvalue weighted by molar-refractivity contribution is 0.125. The van der Waals surface area contributed by atoms with E-state index < -0.39 is 20.6 Å². The molecule has 3 atom stereocenters. The Hall–Kier alpha value is -1.69. The molecule has 0 heterocycles. The molecule has 0 radical (unpaired) electrons. The molecule has 0 spiro atoms. The highest BCUT2D eigenvalue weighted by Gasteiger charge is 2.69. The number of sulfone groups is 1. The molecule has 1 aliphatic rings. The Morgan fingerprint density at radius 2 is 1.65 bits per heavy atom. The van der Waals surface area contributed by atoms with Gasteiger partial charge in [0.15, 0.2) is 9.84 Å². The second-order valence-corrected chi connectivity index (χ2v) is 9.17. The quantitative estimate of drug-likeness (QED) is 0.809. The highest BCUT2D eigenvalue weighted by molar-refractivity contribution is 7.92. The molecule has 26 heavy (non-hydrogen) atoms. The first-order chi connectivity index (χ1) is 12.3. The van der Waals surface area contributed by atoms with Gasteiger partial charge in [0.25, 0.3) is 0 Å². The third kappa shape index (κ3) is 3.31. The molecule has 5 heteroatoms. The predicted octanol–water partition coefficient (Wildman–Crippen LogP) is 3.23. The van der Waals surface area contributed by atoms with Gasteiger partial charge >= 0.3 is 0 Å². The van der Waals surface area contributed by atoms with E-state index in [9.17, 15) is 8.42 Å². The zero-order valence-corrected chi connectivity index (χ0v) is 16.4. The first-order valence-corrected chi connectivity index (χ1v) is 10.6. The van der Waals surface area contributed by atoms with E-state index in [1.165, 1.54) is 5.56 Å².